The summed E-state index contributed by atoms with van der Waals surface area (Å²) in [5.74, 6) is 3.97. The van der Waals surface area contributed by atoms with Gasteiger partial charge in [0, 0.05) is 6.54 Å². The molecule has 0 aliphatic carbocycles. The number of rotatable bonds is 6. The van der Waals surface area contributed by atoms with Gasteiger partial charge in [-0.05, 0) is 24.7 Å². The number of ether oxygens (including phenoxy) is 1. The molecule has 0 radical (unpaired) electrons. The summed E-state index contributed by atoms with van der Waals surface area (Å²) < 4.78 is 5.38. The lowest BCUT2D eigenvalue weighted by atomic mass is 10.2. The summed E-state index contributed by atoms with van der Waals surface area (Å²) in [5, 5.41) is 0. The molecule has 86 valence electrons. The lowest BCUT2D eigenvalue weighted by Gasteiger charge is -2.13. The van der Waals surface area contributed by atoms with Gasteiger partial charge in [0.1, 0.15) is 12.4 Å². The predicted molar refractivity (Wildman–Crippen MR) is 67.8 cm³/mol. The number of halogens is 1. The van der Waals surface area contributed by atoms with Crippen LogP contribution in [0.3, 0.4) is 0 Å². The Bertz CT molecular complexity index is 342. The average molecular weight is 238 g/mol. The van der Waals surface area contributed by atoms with Gasteiger partial charge in [-0.25, -0.2) is 0 Å². The Hall–Kier alpha value is -1.17. The topological polar surface area (TPSA) is 12.5 Å². The third-order valence-electron chi connectivity index (χ3n) is 2.08. The quantitative estimate of drug-likeness (QED) is 0.557. The maximum absolute atomic E-state index is 5.54. The van der Waals surface area contributed by atoms with Gasteiger partial charge in [-0.3, -0.25) is 4.90 Å². The van der Waals surface area contributed by atoms with Crippen LogP contribution in [-0.4, -0.2) is 31.0 Å². The van der Waals surface area contributed by atoms with E-state index in [0.717, 1.165) is 12.3 Å². The van der Waals surface area contributed by atoms with E-state index in [9.17, 15) is 0 Å². The molecule has 0 atom stereocenters. The molecular formula is C13H16ClNO. The number of hydrogen-bond acceptors (Lipinski definition) is 2. The van der Waals surface area contributed by atoms with Crippen molar-refractivity contribution in [3.63, 3.8) is 0 Å². The van der Waals surface area contributed by atoms with E-state index >= 15 is 0 Å². The minimum atomic E-state index is 0.507. The molecule has 0 heterocycles. The Balaban J connectivity index is 2.48. The van der Waals surface area contributed by atoms with Crippen LogP contribution in [0.1, 0.15) is 5.56 Å². The van der Waals surface area contributed by atoms with Crippen molar-refractivity contribution in [2.75, 3.05) is 26.1 Å². The lowest BCUT2D eigenvalue weighted by Crippen LogP contribution is -2.17. The van der Waals surface area contributed by atoms with Crippen LogP contribution in [0.25, 0.3) is 0 Å². The number of terminal acetylenes is 1. The Labute approximate surface area is 102 Å². The highest BCUT2D eigenvalue weighted by Gasteiger charge is 1.99. The number of nitrogens with zero attached hydrogens (tertiary/aromatic N) is 1. The molecule has 16 heavy (non-hydrogen) atoms. The van der Waals surface area contributed by atoms with Gasteiger partial charge < -0.3 is 4.74 Å². The molecule has 0 bridgehead atoms. The van der Waals surface area contributed by atoms with Crippen molar-refractivity contribution >= 4 is 11.6 Å². The zero-order chi connectivity index (χ0) is 11.8. The summed E-state index contributed by atoms with van der Waals surface area (Å²) >= 11 is 5.54. The predicted octanol–water partition coefficient (Wildman–Crippen LogP) is 2.37. The Morgan fingerprint density at radius 1 is 1.38 bits per heavy atom. The van der Waals surface area contributed by atoms with Gasteiger partial charge in [0.25, 0.3) is 0 Å². The zero-order valence-corrected chi connectivity index (χ0v) is 10.2. The van der Waals surface area contributed by atoms with Gasteiger partial charge in [-0.15, -0.1) is 18.0 Å². The van der Waals surface area contributed by atoms with Gasteiger partial charge in [0.2, 0.25) is 0 Å². The van der Waals surface area contributed by atoms with E-state index in [-0.39, 0.29) is 0 Å². The van der Waals surface area contributed by atoms with E-state index in [1.807, 2.05) is 31.3 Å². The molecule has 0 amide bonds. The Morgan fingerprint density at radius 2 is 2.06 bits per heavy atom. The fourth-order valence-corrected chi connectivity index (χ4v) is 1.45. The van der Waals surface area contributed by atoms with Crippen molar-refractivity contribution < 1.29 is 4.74 Å². The molecule has 0 saturated carbocycles. The molecule has 2 nitrogen and oxygen atoms in total. The lowest BCUT2D eigenvalue weighted by molar-refractivity contribution is 0.341. The summed E-state index contributed by atoms with van der Waals surface area (Å²) in [6.45, 7) is 2.04. The minimum absolute atomic E-state index is 0.507. The van der Waals surface area contributed by atoms with Crippen molar-refractivity contribution in [3.05, 3.63) is 29.8 Å². The molecule has 0 fully saturated rings. The first-order valence-corrected chi connectivity index (χ1v) is 5.69. The Morgan fingerprint density at radius 3 is 2.62 bits per heavy atom. The normalized spacial score (nSPS) is 10.1. The molecule has 1 aromatic carbocycles. The van der Waals surface area contributed by atoms with Crippen molar-refractivity contribution in [1.29, 1.82) is 0 Å². The maximum atomic E-state index is 5.54. The first kappa shape index (κ1) is 12.9. The van der Waals surface area contributed by atoms with Crippen molar-refractivity contribution in [2.45, 2.75) is 6.54 Å². The van der Waals surface area contributed by atoms with E-state index < -0.39 is 0 Å². The van der Waals surface area contributed by atoms with Gasteiger partial charge in [0.15, 0.2) is 0 Å². The summed E-state index contributed by atoms with van der Waals surface area (Å²) in [5.41, 5.74) is 1.22. The Kier molecular flexibility index (Phi) is 5.77. The molecular weight excluding hydrogens is 222 g/mol. The molecule has 0 aliphatic rings. The van der Waals surface area contributed by atoms with E-state index in [4.69, 9.17) is 22.8 Å². The van der Waals surface area contributed by atoms with Crippen LogP contribution >= 0.6 is 11.6 Å². The molecule has 0 N–H and O–H groups in total. The summed E-state index contributed by atoms with van der Waals surface area (Å²) in [6, 6.07) is 7.98. The first-order chi connectivity index (χ1) is 7.76. The van der Waals surface area contributed by atoms with Gasteiger partial charge >= 0.3 is 0 Å². The smallest absolute Gasteiger partial charge is 0.119 e. The van der Waals surface area contributed by atoms with Gasteiger partial charge in [-0.1, -0.05) is 18.1 Å². The van der Waals surface area contributed by atoms with Gasteiger partial charge in [0.05, 0.1) is 12.4 Å². The average Bonchev–Trinajstić information content (AvgIpc) is 2.28. The third kappa shape index (κ3) is 4.57. The van der Waals surface area contributed by atoms with Crippen LogP contribution in [0.4, 0.5) is 0 Å². The monoisotopic (exact) mass is 237 g/mol. The SMILES string of the molecule is C#CCN(C)Cc1ccc(OCCCl)cc1. The molecule has 0 aromatic heterocycles. The minimum Gasteiger partial charge on any atom is -0.492 e. The van der Waals surface area contributed by atoms with E-state index in [2.05, 4.69) is 10.8 Å². The van der Waals surface area contributed by atoms with Crippen LogP contribution < -0.4 is 4.74 Å². The van der Waals surface area contributed by atoms with Crippen molar-refractivity contribution in [2.24, 2.45) is 0 Å². The van der Waals surface area contributed by atoms with Crippen molar-refractivity contribution in [1.82, 2.24) is 4.90 Å². The fourth-order valence-electron chi connectivity index (χ4n) is 1.37. The van der Waals surface area contributed by atoms with E-state index in [1.54, 1.807) is 0 Å². The van der Waals surface area contributed by atoms with E-state index in [0.29, 0.717) is 19.0 Å². The highest BCUT2D eigenvalue weighted by Crippen LogP contribution is 2.13. The van der Waals surface area contributed by atoms with E-state index in [1.165, 1.54) is 5.56 Å². The van der Waals surface area contributed by atoms with Gasteiger partial charge in [-0.2, -0.15) is 0 Å². The molecule has 1 aromatic rings. The molecule has 0 aliphatic heterocycles. The third-order valence-corrected chi connectivity index (χ3v) is 2.24. The maximum Gasteiger partial charge on any atom is 0.119 e. The van der Waals surface area contributed by atoms with Crippen LogP contribution in [-0.2, 0) is 6.54 Å². The summed E-state index contributed by atoms with van der Waals surface area (Å²) in [7, 11) is 2.00. The second-order valence-electron chi connectivity index (χ2n) is 3.56. The molecule has 3 heteroatoms. The van der Waals surface area contributed by atoms with Crippen LogP contribution in [0, 0.1) is 12.3 Å². The number of hydrogen-bond donors (Lipinski definition) is 0. The van der Waals surface area contributed by atoms with Crippen LogP contribution in [0.2, 0.25) is 0 Å². The zero-order valence-electron chi connectivity index (χ0n) is 9.45. The van der Waals surface area contributed by atoms with Crippen LogP contribution in [0.5, 0.6) is 5.75 Å². The number of alkyl halides is 1. The number of benzene rings is 1. The largest absolute Gasteiger partial charge is 0.492 e. The fraction of sp³-hybridized carbons (Fsp3) is 0.385. The molecule has 0 unspecified atom stereocenters. The summed E-state index contributed by atoms with van der Waals surface area (Å²) in [6.07, 6.45) is 5.24. The second kappa shape index (κ2) is 7.16. The highest BCUT2D eigenvalue weighted by atomic mass is 35.5. The van der Waals surface area contributed by atoms with Crippen molar-refractivity contribution in [3.8, 4) is 18.1 Å². The second-order valence-corrected chi connectivity index (χ2v) is 3.94. The highest BCUT2D eigenvalue weighted by molar-refractivity contribution is 6.17. The molecule has 0 spiro atoms. The molecule has 0 saturated heterocycles. The summed E-state index contributed by atoms with van der Waals surface area (Å²) in [4.78, 5) is 2.08. The standard InChI is InChI=1S/C13H16ClNO/c1-3-9-15(2)11-12-4-6-13(7-5-12)16-10-8-14/h1,4-7H,8-11H2,2H3. The first-order valence-electron chi connectivity index (χ1n) is 5.16. The molecule has 1 rings (SSSR count). The van der Waals surface area contributed by atoms with Crippen LogP contribution in [0.15, 0.2) is 24.3 Å².